The molecule has 0 aliphatic heterocycles. The van der Waals surface area contributed by atoms with Gasteiger partial charge in [-0.3, -0.25) is 4.79 Å². The number of esters is 1. The number of hydrogen-bond donors (Lipinski definition) is 0. The van der Waals surface area contributed by atoms with Crippen LogP contribution in [0.5, 0.6) is 17.2 Å². The predicted octanol–water partition coefficient (Wildman–Crippen LogP) is 6.94. The number of fused-ring (bicyclic) bond motifs is 1. The van der Waals surface area contributed by atoms with E-state index in [0.717, 1.165) is 33.2 Å². The molecule has 0 saturated heterocycles. The molecule has 33 heavy (non-hydrogen) atoms. The minimum absolute atomic E-state index is 0.201. The average Bonchev–Trinajstić information content (AvgIpc) is 2.84. The Morgan fingerprint density at radius 3 is 2.30 bits per heavy atom. The summed E-state index contributed by atoms with van der Waals surface area (Å²) in [5, 5.41) is 1.89. The zero-order valence-electron chi connectivity index (χ0n) is 18.6. The van der Waals surface area contributed by atoms with E-state index >= 15 is 0 Å². The van der Waals surface area contributed by atoms with Gasteiger partial charge in [0.05, 0.1) is 13.7 Å². The van der Waals surface area contributed by atoms with Gasteiger partial charge in [-0.2, -0.15) is 0 Å². The summed E-state index contributed by atoms with van der Waals surface area (Å²) >= 11 is 0. The predicted molar refractivity (Wildman–Crippen MR) is 127 cm³/mol. The normalized spacial score (nSPS) is 10.8. The standard InChI is InChI=1S/C28H25FO4/c1-3-32-27(30)17-6-19-4-12-23(13-5-19)33-28-25(20-7-10-22(29)11-8-20)15-9-21-18-24(31-2)14-16-26(21)28/h4-5,7-16,18H,3,6,17H2,1-2H3. The van der Waals surface area contributed by atoms with E-state index in [0.29, 0.717) is 30.9 Å². The fourth-order valence-corrected chi connectivity index (χ4v) is 3.69. The van der Waals surface area contributed by atoms with Gasteiger partial charge in [-0.1, -0.05) is 30.3 Å². The minimum atomic E-state index is -0.287. The van der Waals surface area contributed by atoms with Crippen LogP contribution < -0.4 is 9.47 Å². The molecule has 0 unspecified atom stereocenters. The molecule has 0 aliphatic rings. The van der Waals surface area contributed by atoms with Crippen molar-refractivity contribution in [2.45, 2.75) is 19.8 Å². The summed E-state index contributed by atoms with van der Waals surface area (Å²) in [4.78, 5) is 11.6. The number of hydrogen-bond acceptors (Lipinski definition) is 4. The zero-order chi connectivity index (χ0) is 23.2. The van der Waals surface area contributed by atoms with Gasteiger partial charge in [-0.25, -0.2) is 4.39 Å². The third kappa shape index (κ3) is 5.32. The van der Waals surface area contributed by atoms with E-state index < -0.39 is 0 Å². The van der Waals surface area contributed by atoms with Crippen LogP contribution in [-0.2, 0) is 16.0 Å². The molecule has 4 aromatic rings. The molecule has 0 atom stereocenters. The lowest BCUT2D eigenvalue weighted by atomic mass is 9.99. The molecular formula is C28H25FO4. The highest BCUT2D eigenvalue weighted by molar-refractivity contribution is 5.96. The lowest BCUT2D eigenvalue weighted by Gasteiger charge is -2.16. The van der Waals surface area contributed by atoms with Crippen molar-refractivity contribution in [1.29, 1.82) is 0 Å². The van der Waals surface area contributed by atoms with Gasteiger partial charge >= 0.3 is 5.97 Å². The SMILES string of the molecule is CCOC(=O)CCc1ccc(Oc2c(-c3ccc(F)cc3)ccc3cc(OC)ccc23)cc1. The number of carbonyl (C=O) groups is 1. The minimum Gasteiger partial charge on any atom is -0.497 e. The van der Waals surface area contributed by atoms with Gasteiger partial charge in [-0.05, 0) is 78.4 Å². The van der Waals surface area contributed by atoms with Crippen LogP contribution in [0.15, 0.2) is 78.9 Å². The fraction of sp³-hybridized carbons (Fsp3) is 0.179. The highest BCUT2D eigenvalue weighted by atomic mass is 19.1. The first kappa shape index (κ1) is 22.3. The maximum atomic E-state index is 13.5. The largest absolute Gasteiger partial charge is 0.497 e. The maximum Gasteiger partial charge on any atom is 0.306 e. The molecule has 0 spiro atoms. The van der Waals surface area contributed by atoms with Crippen molar-refractivity contribution in [1.82, 2.24) is 0 Å². The number of halogens is 1. The van der Waals surface area contributed by atoms with Crippen LogP contribution in [0.4, 0.5) is 4.39 Å². The topological polar surface area (TPSA) is 44.8 Å². The second kappa shape index (κ2) is 10.2. The van der Waals surface area contributed by atoms with Crippen LogP contribution in [0.1, 0.15) is 18.9 Å². The molecule has 4 nitrogen and oxygen atoms in total. The second-order valence-corrected chi connectivity index (χ2v) is 7.59. The van der Waals surface area contributed by atoms with Crippen molar-refractivity contribution < 1.29 is 23.4 Å². The molecule has 0 aromatic heterocycles. The molecule has 5 heteroatoms. The van der Waals surface area contributed by atoms with E-state index in [1.165, 1.54) is 12.1 Å². The third-order valence-electron chi connectivity index (χ3n) is 5.40. The molecule has 0 heterocycles. The summed E-state index contributed by atoms with van der Waals surface area (Å²) in [6.07, 6.45) is 0.946. The quantitative estimate of drug-likeness (QED) is 0.276. The Morgan fingerprint density at radius 1 is 0.879 bits per heavy atom. The molecule has 4 rings (SSSR count). The lowest BCUT2D eigenvalue weighted by Crippen LogP contribution is -2.05. The van der Waals surface area contributed by atoms with Crippen LogP contribution in [0.3, 0.4) is 0 Å². The van der Waals surface area contributed by atoms with Crippen molar-refractivity contribution in [3.63, 3.8) is 0 Å². The van der Waals surface area contributed by atoms with Gasteiger partial charge in [0, 0.05) is 17.4 Å². The first-order valence-corrected chi connectivity index (χ1v) is 10.9. The van der Waals surface area contributed by atoms with E-state index in [-0.39, 0.29) is 11.8 Å². The van der Waals surface area contributed by atoms with E-state index in [2.05, 4.69) is 0 Å². The van der Waals surface area contributed by atoms with Gasteiger partial charge in [0.1, 0.15) is 23.1 Å². The monoisotopic (exact) mass is 444 g/mol. The summed E-state index contributed by atoms with van der Waals surface area (Å²) in [6.45, 7) is 2.19. The Hall–Kier alpha value is -3.86. The molecular weight excluding hydrogens is 419 g/mol. The summed E-state index contributed by atoms with van der Waals surface area (Å²) in [5.41, 5.74) is 2.74. The summed E-state index contributed by atoms with van der Waals surface area (Å²) in [7, 11) is 1.63. The lowest BCUT2D eigenvalue weighted by molar-refractivity contribution is -0.143. The molecule has 0 N–H and O–H groups in total. The van der Waals surface area contributed by atoms with E-state index in [9.17, 15) is 9.18 Å². The molecule has 0 radical (unpaired) electrons. The summed E-state index contributed by atoms with van der Waals surface area (Å²) in [6, 6.07) is 23.8. The fourth-order valence-electron chi connectivity index (χ4n) is 3.69. The molecule has 4 aromatic carbocycles. The number of rotatable bonds is 8. The van der Waals surface area contributed by atoms with Gasteiger partial charge < -0.3 is 14.2 Å². The number of ether oxygens (including phenoxy) is 3. The molecule has 0 bridgehead atoms. The Labute approximate surface area is 192 Å². The van der Waals surface area contributed by atoms with Crippen LogP contribution >= 0.6 is 0 Å². The van der Waals surface area contributed by atoms with Crippen molar-refractivity contribution >= 4 is 16.7 Å². The molecule has 168 valence electrons. The first-order chi connectivity index (χ1) is 16.1. The van der Waals surface area contributed by atoms with E-state index in [1.807, 2.05) is 54.6 Å². The maximum absolute atomic E-state index is 13.5. The van der Waals surface area contributed by atoms with Crippen LogP contribution in [-0.4, -0.2) is 19.7 Å². The van der Waals surface area contributed by atoms with E-state index in [1.54, 1.807) is 26.2 Å². The van der Waals surface area contributed by atoms with Crippen LogP contribution in [0, 0.1) is 5.82 Å². The number of methoxy groups -OCH3 is 1. The Bertz CT molecular complexity index is 1250. The van der Waals surface area contributed by atoms with E-state index in [4.69, 9.17) is 14.2 Å². The molecule has 0 amide bonds. The van der Waals surface area contributed by atoms with Crippen LogP contribution in [0.25, 0.3) is 21.9 Å². The summed E-state index contributed by atoms with van der Waals surface area (Å²) < 4.78 is 30.2. The van der Waals surface area contributed by atoms with Crippen molar-refractivity contribution in [3.05, 3.63) is 90.2 Å². The zero-order valence-corrected chi connectivity index (χ0v) is 18.6. The molecule has 0 fully saturated rings. The average molecular weight is 445 g/mol. The van der Waals surface area contributed by atoms with Crippen molar-refractivity contribution in [3.8, 4) is 28.4 Å². The van der Waals surface area contributed by atoms with Crippen LogP contribution in [0.2, 0.25) is 0 Å². The highest BCUT2D eigenvalue weighted by Crippen LogP contribution is 2.40. The summed E-state index contributed by atoms with van der Waals surface area (Å²) in [5.74, 6) is 1.62. The number of carbonyl (C=O) groups excluding carboxylic acids is 1. The number of benzene rings is 4. The van der Waals surface area contributed by atoms with Gasteiger partial charge in [0.15, 0.2) is 0 Å². The van der Waals surface area contributed by atoms with Gasteiger partial charge in [-0.15, -0.1) is 0 Å². The Morgan fingerprint density at radius 2 is 1.61 bits per heavy atom. The molecule has 0 aliphatic carbocycles. The Balaban J connectivity index is 1.67. The third-order valence-corrected chi connectivity index (χ3v) is 5.40. The smallest absolute Gasteiger partial charge is 0.306 e. The second-order valence-electron chi connectivity index (χ2n) is 7.59. The Kier molecular flexibility index (Phi) is 6.89. The van der Waals surface area contributed by atoms with Crippen molar-refractivity contribution in [2.24, 2.45) is 0 Å². The highest BCUT2D eigenvalue weighted by Gasteiger charge is 2.14. The first-order valence-electron chi connectivity index (χ1n) is 10.9. The number of aryl methyl sites for hydroxylation is 1. The molecule has 0 saturated carbocycles. The van der Waals surface area contributed by atoms with Gasteiger partial charge in [0.2, 0.25) is 0 Å². The van der Waals surface area contributed by atoms with Gasteiger partial charge in [0.25, 0.3) is 0 Å². The van der Waals surface area contributed by atoms with Crippen molar-refractivity contribution in [2.75, 3.05) is 13.7 Å².